The number of anilines is 2. The lowest BCUT2D eigenvalue weighted by Gasteiger charge is -2.27. The summed E-state index contributed by atoms with van der Waals surface area (Å²) in [4.78, 5) is 2.64. The first-order valence-electron chi connectivity index (χ1n) is 11.3. The molecule has 1 N–H and O–H groups in total. The number of rotatable bonds is 13. The van der Waals surface area contributed by atoms with Gasteiger partial charge in [-0.3, -0.25) is 0 Å². The molecule has 1 heterocycles. The molecule has 0 radical (unpaired) electrons. The van der Waals surface area contributed by atoms with Crippen molar-refractivity contribution >= 4 is 11.4 Å². The molecule has 0 bridgehead atoms. The average Bonchev–Trinajstić information content (AvgIpc) is 3.05. The van der Waals surface area contributed by atoms with Crippen LogP contribution in [-0.4, -0.2) is 18.6 Å². The van der Waals surface area contributed by atoms with E-state index in [1.54, 1.807) is 0 Å². The van der Waals surface area contributed by atoms with Crippen LogP contribution in [0.5, 0.6) is 0 Å². The number of unbranched alkanes of at least 4 members (excludes halogenated alkanes) is 6. The zero-order valence-electron chi connectivity index (χ0n) is 17.8. The number of benzene rings is 1. The fourth-order valence-electron chi connectivity index (χ4n) is 4.23. The highest BCUT2D eigenvalue weighted by Crippen LogP contribution is 2.33. The summed E-state index contributed by atoms with van der Waals surface area (Å²) in [6, 6.07) is 8.30. The Labute approximate surface area is 162 Å². The van der Waals surface area contributed by atoms with Gasteiger partial charge in [0.2, 0.25) is 0 Å². The zero-order chi connectivity index (χ0) is 18.8. The average molecular weight is 359 g/mol. The molecule has 0 unspecified atom stereocenters. The molecular weight excluding hydrogens is 316 g/mol. The van der Waals surface area contributed by atoms with Gasteiger partial charge in [-0.15, -0.1) is 0 Å². The molecule has 0 amide bonds. The van der Waals surface area contributed by atoms with Crippen molar-refractivity contribution in [3.63, 3.8) is 0 Å². The minimum atomic E-state index is 0.569. The van der Waals surface area contributed by atoms with Crippen LogP contribution in [0.3, 0.4) is 0 Å². The highest BCUT2D eigenvalue weighted by Gasteiger charge is 2.23. The molecule has 1 aliphatic rings. The molecule has 0 saturated carbocycles. The minimum absolute atomic E-state index is 0.569. The summed E-state index contributed by atoms with van der Waals surface area (Å²) in [5, 5.41) is 3.72. The van der Waals surface area contributed by atoms with Crippen LogP contribution in [0.2, 0.25) is 0 Å². The first-order valence-corrected chi connectivity index (χ1v) is 11.3. The Bertz CT molecular complexity index is 511. The maximum atomic E-state index is 3.72. The van der Waals surface area contributed by atoms with Crippen molar-refractivity contribution in [2.45, 2.75) is 110 Å². The van der Waals surface area contributed by atoms with Crippen LogP contribution in [0, 0.1) is 0 Å². The van der Waals surface area contributed by atoms with Gasteiger partial charge in [0, 0.05) is 30.0 Å². The molecular formula is C24H42N2. The third-order valence-electron chi connectivity index (χ3n) is 5.92. The van der Waals surface area contributed by atoms with Gasteiger partial charge in [0.15, 0.2) is 0 Å². The monoisotopic (exact) mass is 358 g/mol. The van der Waals surface area contributed by atoms with Gasteiger partial charge in [0.05, 0.1) is 0 Å². The number of fused-ring (bicyclic) bond motifs is 1. The largest absolute Gasteiger partial charge is 0.383 e. The van der Waals surface area contributed by atoms with E-state index in [9.17, 15) is 0 Å². The summed E-state index contributed by atoms with van der Waals surface area (Å²) in [7, 11) is 0. The Kier molecular flexibility index (Phi) is 9.36. The third kappa shape index (κ3) is 6.52. The molecule has 0 fully saturated rings. The second kappa shape index (κ2) is 11.5. The summed E-state index contributed by atoms with van der Waals surface area (Å²) in [6.45, 7) is 10.5. The first kappa shape index (κ1) is 21.1. The minimum Gasteiger partial charge on any atom is -0.383 e. The second-order valence-corrected chi connectivity index (χ2v) is 8.38. The molecule has 2 nitrogen and oxygen atoms in total. The van der Waals surface area contributed by atoms with E-state index in [-0.39, 0.29) is 0 Å². The molecule has 0 aliphatic carbocycles. The fourth-order valence-corrected chi connectivity index (χ4v) is 4.23. The Balaban J connectivity index is 1.83. The van der Waals surface area contributed by atoms with Gasteiger partial charge in [0.25, 0.3) is 0 Å². The lowest BCUT2D eigenvalue weighted by molar-refractivity contribution is 0.545. The van der Waals surface area contributed by atoms with Gasteiger partial charge in [-0.25, -0.2) is 0 Å². The van der Waals surface area contributed by atoms with Gasteiger partial charge in [-0.1, -0.05) is 65.2 Å². The molecule has 2 atom stereocenters. The zero-order valence-corrected chi connectivity index (χ0v) is 17.8. The Hall–Kier alpha value is -1.18. The summed E-state index contributed by atoms with van der Waals surface area (Å²) in [5.74, 6) is 0. The molecule has 2 rings (SSSR count). The van der Waals surface area contributed by atoms with Crippen LogP contribution in [0.1, 0.15) is 97.5 Å². The molecule has 1 aromatic rings. The first-order chi connectivity index (χ1) is 12.7. The third-order valence-corrected chi connectivity index (χ3v) is 5.92. The van der Waals surface area contributed by atoms with Crippen LogP contribution < -0.4 is 10.2 Å². The van der Waals surface area contributed by atoms with Gasteiger partial charge in [-0.2, -0.15) is 0 Å². The van der Waals surface area contributed by atoms with Gasteiger partial charge in [-0.05, 0) is 56.9 Å². The molecule has 0 saturated heterocycles. The SMILES string of the molecule is CCCCCC[C@@H](C)Nc1ccc2c(c1)CCN2[C@@H](C)CCCCCC. The Morgan fingerprint density at radius 2 is 1.62 bits per heavy atom. The molecule has 0 aromatic heterocycles. The number of hydrogen-bond donors (Lipinski definition) is 1. The molecule has 1 aromatic carbocycles. The topological polar surface area (TPSA) is 15.3 Å². The van der Waals surface area contributed by atoms with Crippen LogP contribution in [-0.2, 0) is 6.42 Å². The van der Waals surface area contributed by atoms with Crippen LogP contribution in [0.25, 0.3) is 0 Å². The fraction of sp³-hybridized carbons (Fsp3) is 0.750. The highest BCUT2D eigenvalue weighted by molar-refractivity contribution is 5.64. The van der Waals surface area contributed by atoms with Crippen molar-refractivity contribution in [1.29, 1.82) is 0 Å². The van der Waals surface area contributed by atoms with Crippen molar-refractivity contribution in [1.82, 2.24) is 0 Å². The molecule has 1 aliphatic heterocycles. The van der Waals surface area contributed by atoms with E-state index in [1.165, 1.54) is 94.1 Å². The van der Waals surface area contributed by atoms with Crippen LogP contribution in [0.15, 0.2) is 18.2 Å². The summed E-state index contributed by atoms with van der Waals surface area (Å²) >= 11 is 0. The van der Waals surface area contributed by atoms with Crippen LogP contribution in [0.4, 0.5) is 11.4 Å². The van der Waals surface area contributed by atoms with E-state index in [0.717, 1.165) is 0 Å². The van der Waals surface area contributed by atoms with Gasteiger partial charge >= 0.3 is 0 Å². The predicted molar refractivity (Wildman–Crippen MR) is 118 cm³/mol. The summed E-state index contributed by atoms with van der Waals surface area (Å²) < 4.78 is 0. The summed E-state index contributed by atoms with van der Waals surface area (Å²) in [5.41, 5.74) is 4.33. The van der Waals surface area contributed by atoms with E-state index in [1.807, 2.05) is 0 Å². The van der Waals surface area contributed by atoms with Crippen molar-refractivity contribution in [2.24, 2.45) is 0 Å². The maximum Gasteiger partial charge on any atom is 0.0403 e. The second-order valence-electron chi connectivity index (χ2n) is 8.38. The molecule has 26 heavy (non-hydrogen) atoms. The van der Waals surface area contributed by atoms with E-state index >= 15 is 0 Å². The standard InChI is InChI=1S/C24H42N2/c1-5-7-9-11-13-20(3)25-23-15-16-24-22(19-23)17-18-26(24)21(4)14-12-10-8-6-2/h15-16,19-21,25H,5-14,17-18H2,1-4H3/t20-,21+/m1/s1. The number of nitrogens with one attached hydrogen (secondary N) is 1. The van der Waals surface area contributed by atoms with E-state index in [0.29, 0.717) is 12.1 Å². The Morgan fingerprint density at radius 1 is 0.923 bits per heavy atom. The van der Waals surface area contributed by atoms with Crippen molar-refractivity contribution in [3.05, 3.63) is 23.8 Å². The quantitative estimate of drug-likeness (QED) is 0.376. The summed E-state index contributed by atoms with van der Waals surface area (Å²) in [6.07, 6.45) is 14.7. The number of hydrogen-bond acceptors (Lipinski definition) is 2. The normalized spacial score (nSPS) is 15.8. The molecule has 148 valence electrons. The van der Waals surface area contributed by atoms with E-state index < -0.39 is 0 Å². The van der Waals surface area contributed by atoms with Crippen molar-refractivity contribution in [3.8, 4) is 0 Å². The maximum absolute atomic E-state index is 3.72. The lowest BCUT2D eigenvalue weighted by atomic mass is 10.1. The number of nitrogens with zero attached hydrogens (tertiary/aromatic N) is 1. The highest BCUT2D eigenvalue weighted by atomic mass is 15.2. The van der Waals surface area contributed by atoms with Gasteiger partial charge in [0.1, 0.15) is 0 Å². The van der Waals surface area contributed by atoms with Gasteiger partial charge < -0.3 is 10.2 Å². The van der Waals surface area contributed by atoms with Crippen LogP contribution >= 0.6 is 0 Å². The predicted octanol–water partition coefficient (Wildman–Crippen LogP) is 7.18. The molecule has 0 spiro atoms. The lowest BCUT2D eigenvalue weighted by Crippen LogP contribution is -2.31. The molecule has 2 heteroatoms. The van der Waals surface area contributed by atoms with Crippen molar-refractivity contribution in [2.75, 3.05) is 16.8 Å². The van der Waals surface area contributed by atoms with E-state index in [2.05, 4.69) is 56.1 Å². The van der Waals surface area contributed by atoms with E-state index in [4.69, 9.17) is 0 Å². The van der Waals surface area contributed by atoms with Crippen molar-refractivity contribution < 1.29 is 0 Å². The smallest absolute Gasteiger partial charge is 0.0403 e. The Morgan fingerprint density at radius 3 is 2.31 bits per heavy atom.